The summed E-state index contributed by atoms with van der Waals surface area (Å²) in [7, 11) is 0. The zero-order valence-corrected chi connectivity index (χ0v) is 14.4. The number of piperidine rings is 1. The molecular weight excluding hydrogens is 330 g/mol. The van der Waals surface area contributed by atoms with Gasteiger partial charge in [-0.1, -0.05) is 6.07 Å². The first-order chi connectivity index (χ1) is 14.8. The van der Waals surface area contributed by atoms with Gasteiger partial charge in [0.15, 0.2) is 23.4 Å². The van der Waals surface area contributed by atoms with Gasteiger partial charge in [-0.3, -0.25) is 4.79 Å². The fourth-order valence-electron chi connectivity index (χ4n) is 6.13. The minimum absolute atomic E-state index is 0.00204. The van der Waals surface area contributed by atoms with Crippen molar-refractivity contribution >= 4 is 5.78 Å². The maximum Gasteiger partial charge on any atom is 0.174 e. The summed E-state index contributed by atoms with van der Waals surface area (Å²) in [5.41, 5.74) is -1.70. The lowest BCUT2D eigenvalue weighted by Crippen LogP contribution is -2.80. The molecular formula is C21H26NO4+. The Kier molecular flexibility index (Phi) is 1.83. The fraction of sp³-hybridized carbons (Fsp3) is 0.667. The van der Waals surface area contributed by atoms with Crippen molar-refractivity contribution in [1.82, 2.24) is 0 Å². The number of phenolic OH excluding ortho intramolecular Hbond substituents is 1. The maximum absolute atomic E-state index is 13.0. The summed E-state index contributed by atoms with van der Waals surface area (Å²) >= 11 is 0. The van der Waals surface area contributed by atoms with E-state index in [0.29, 0.717) is 11.1 Å². The third-order valence-electron chi connectivity index (χ3n) is 7.38. The van der Waals surface area contributed by atoms with E-state index in [1.807, 2.05) is 0 Å². The molecule has 5 aliphatic rings. The second-order valence-electron chi connectivity index (χ2n) is 8.59. The number of hydrogen-bond donors (Lipinski definition) is 2. The van der Waals surface area contributed by atoms with E-state index in [1.54, 1.807) is 6.07 Å². The predicted octanol–water partition coefficient (Wildman–Crippen LogP) is 1.67. The van der Waals surface area contributed by atoms with Crippen molar-refractivity contribution in [3.05, 3.63) is 23.3 Å². The summed E-state index contributed by atoms with van der Waals surface area (Å²) in [6, 6.07) is 2.03. The van der Waals surface area contributed by atoms with E-state index < -0.39 is 47.0 Å². The number of aliphatic hydroxyl groups is 1. The second kappa shape index (κ2) is 4.45. The van der Waals surface area contributed by atoms with Crippen LogP contribution in [0.1, 0.15) is 51.5 Å². The molecule has 5 heteroatoms. The number of likely N-dealkylation sites (tertiary alicyclic amines) is 1. The van der Waals surface area contributed by atoms with E-state index in [0.717, 1.165) is 0 Å². The Bertz CT molecular complexity index is 1070. The molecule has 2 saturated carbocycles. The zero-order chi connectivity index (χ0) is 23.1. The van der Waals surface area contributed by atoms with Gasteiger partial charge in [-0.15, -0.1) is 0 Å². The van der Waals surface area contributed by atoms with Crippen molar-refractivity contribution in [1.29, 1.82) is 0 Å². The van der Waals surface area contributed by atoms with Crippen LogP contribution >= 0.6 is 0 Å². The van der Waals surface area contributed by atoms with Crippen molar-refractivity contribution in [2.45, 2.75) is 61.7 Å². The molecule has 3 fully saturated rings. The van der Waals surface area contributed by atoms with Crippen LogP contribution < -0.4 is 4.74 Å². The Morgan fingerprint density at radius 1 is 1.46 bits per heavy atom. The fourth-order valence-corrected chi connectivity index (χ4v) is 6.13. The number of carbonyl (C=O) groups is 1. The third kappa shape index (κ3) is 1.55. The van der Waals surface area contributed by atoms with Crippen molar-refractivity contribution in [3.8, 4) is 11.5 Å². The number of phenols is 1. The second-order valence-corrected chi connectivity index (χ2v) is 8.59. The number of ketones is 1. The summed E-state index contributed by atoms with van der Waals surface area (Å²) in [5, 5.41) is 22.8. The first-order valence-electron chi connectivity index (χ1n) is 12.4. The molecule has 0 aromatic heterocycles. The van der Waals surface area contributed by atoms with Crippen LogP contribution in [-0.4, -0.2) is 58.2 Å². The highest BCUT2D eigenvalue weighted by atomic mass is 16.5. The van der Waals surface area contributed by atoms with Crippen molar-refractivity contribution in [2.75, 3.05) is 20.0 Å². The number of ether oxygens (including phenoxy) is 1. The van der Waals surface area contributed by atoms with Crippen molar-refractivity contribution < 1.29 is 32.5 Å². The topological polar surface area (TPSA) is 66.8 Å². The number of carbonyl (C=O) groups excluding carboxylic acids is 1. The quantitative estimate of drug-likeness (QED) is 0.786. The van der Waals surface area contributed by atoms with E-state index in [4.69, 9.17) is 13.0 Å². The van der Waals surface area contributed by atoms with Crippen molar-refractivity contribution in [2.24, 2.45) is 5.89 Å². The molecule has 1 saturated heterocycles. The highest BCUT2D eigenvalue weighted by Gasteiger charge is 2.76. The van der Waals surface area contributed by atoms with Crippen molar-refractivity contribution in [3.63, 3.8) is 0 Å². The normalized spacial score (nSPS) is 50.9. The van der Waals surface area contributed by atoms with Crippen LogP contribution in [0.3, 0.4) is 0 Å². The summed E-state index contributed by atoms with van der Waals surface area (Å²) in [5.74, 6) is -1.68. The molecule has 5 atom stereocenters. The molecule has 0 amide bonds. The van der Waals surface area contributed by atoms with E-state index >= 15 is 0 Å². The number of nitrogens with zero attached hydrogens (tertiary/aromatic N) is 1. The smallest absolute Gasteiger partial charge is 0.174 e. The Morgan fingerprint density at radius 3 is 3.08 bits per heavy atom. The van der Waals surface area contributed by atoms with Gasteiger partial charge in [-0.2, -0.15) is 0 Å². The molecule has 2 N–H and O–H groups in total. The lowest BCUT2D eigenvalue weighted by atomic mass is 9.48. The van der Waals surface area contributed by atoms with Crippen LogP contribution in [0.15, 0.2) is 12.1 Å². The van der Waals surface area contributed by atoms with E-state index in [1.165, 1.54) is 6.07 Å². The standard InChI is InChI=1S/C21H25NO4/c1-22(11-12-2-3-12)9-8-20-17-13-4-5-14(23)18(17)26-19(20)15(24)6-7-21(20,25)16(22)10-13/h4-5,12,16,19,25H,2-3,6-11H2,1H3/p+1/t16-,19+,20+,21-,22?/m1/s1/i1D3,11D2,12D. The molecule has 2 bridgehead atoms. The minimum atomic E-state index is -2.82. The van der Waals surface area contributed by atoms with Gasteiger partial charge < -0.3 is 19.4 Å². The molecule has 1 spiro atoms. The minimum Gasteiger partial charge on any atom is -0.504 e. The average molecular weight is 362 g/mol. The van der Waals surface area contributed by atoms with Gasteiger partial charge in [0, 0.05) is 32.1 Å². The maximum atomic E-state index is 13.0. The summed E-state index contributed by atoms with van der Waals surface area (Å²) in [6.07, 6.45) is -0.424. The first kappa shape index (κ1) is 10.7. The van der Waals surface area contributed by atoms with Crippen LogP contribution in [-0.2, 0) is 16.6 Å². The van der Waals surface area contributed by atoms with Crippen LogP contribution in [0.2, 0.25) is 0 Å². The Morgan fingerprint density at radius 2 is 2.31 bits per heavy atom. The lowest BCUT2D eigenvalue weighted by molar-refractivity contribution is -0.950. The molecule has 1 aromatic carbocycles. The average Bonchev–Trinajstić information content (AvgIpc) is 3.34. The van der Waals surface area contributed by atoms with Gasteiger partial charge in [0.2, 0.25) is 0 Å². The summed E-state index contributed by atoms with van der Waals surface area (Å²) in [4.78, 5) is 13.0. The zero-order valence-electron chi connectivity index (χ0n) is 20.4. The number of hydrogen-bond acceptors (Lipinski definition) is 4. The summed E-state index contributed by atoms with van der Waals surface area (Å²) < 4.78 is 57.2. The molecule has 2 aliphatic heterocycles. The lowest BCUT2D eigenvalue weighted by Gasteiger charge is -2.64. The van der Waals surface area contributed by atoms with Gasteiger partial charge in [0.1, 0.15) is 11.6 Å². The third-order valence-corrected chi connectivity index (χ3v) is 7.38. The molecule has 0 radical (unpaired) electrons. The van der Waals surface area contributed by atoms with Crippen LogP contribution in [0.4, 0.5) is 0 Å². The molecule has 1 aromatic rings. The van der Waals surface area contributed by atoms with Crippen LogP contribution in [0, 0.1) is 5.89 Å². The van der Waals surface area contributed by atoms with Gasteiger partial charge in [-0.05, 0) is 30.9 Å². The van der Waals surface area contributed by atoms with Crippen LogP contribution in [0.5, 0.6) is 11.5 Å². The highest BCUT2D eigenvalue weighted by Crippen LogP contribution is 2.65. The molecule has 6 rings (SSSR count). The Labute approximate surface area is 161 Å². The Balaban J connectivity index is 1.66. The van der Waals surface area contributed by atoms with E-state index in [2.05, 4.69) is 0 Å². The molecule has 2 heterocycles. The molecule has 138 valence electrons. The highest BCUT2D eigenvalue weighted by molar-refractivity contribution is 5.90. The summed E-state index contributed by atoms with van der Waals surface area (Å²) in [6.45, 7) is -5.40. The first-order valence-corrected chi connectivity index (χ1v) is 9.42. The van der Waals surface area contributed by atoms with Crippen LogP contribution in [0.25, 0.3) is 0 Å². The van der Waals surface area contributed by atoms with Gasteiger partial charge >= 0.3 is 0 Å². The van der Waals surface area contributed by atoms with Gasteiger partial charge in [-0.25, -0.2) is 0 Å². The molecule has 5 nitrogen and oxygen atoms in total. The molecule has 26 heavy (non-hydrogen) atoms. The largest absolute Gasteiger partial charge is 0.504 e. The molecule has 1 unspecified atom stereocenters. The van der Waals surface area contributed by atoms with E-state index in [-0.39, 0.29) is 62.4 Å². The van der Waals surface area contributed by atoms with Gasteiger partial charge in [0.25, 0.3) is 0 Å². The predicted molar refractivity (Wildman–Crippen MR) is 94.1 cm³/mol. The number of Topliss-reactive ketones (excluding diaryl/α,β-unsaturated/α-hetero) is 1. The monoisotopic (exact) mass is 362 g/mol. The number of aromatic hydroxyl groups is 1. The number of likely N-dealkylation sites (N-methyl/N-ethyl adjacent to an activating group) is 1. The van der Waals surface area contributed by atoms with Gasteiger partial charge in [0.05, 0.1) is 32.3 Å². The Hall–Kier alpha value is -1.59. The van der Waals surface area contributed by atoms with E-state index in [9.17, 15) is 15.0 Å². The number of quaternary nitrogens is 1. The molecule has 3 aliphatic carbocycles. The SMILES string of the molecule is [2H]C1(C([2H])([2H])[N+]2(C([2H])([2H])[2H])CC[C@]34c5c6ccc(O)c5O[C@H]3C(=O)CC[C@@]4(O)[C@H]2C6)CC1. The number of benzene rings is 1. The number of rotatable bonds is 2.